The number of piperazine rings is 1. The Labute approximate surface area is 139 Å². The first-order chi connectivity index (χ1) is 11.1. The molecule has 0 aliphatic carbocycles. The molecule has 1 saturated heterocycles. The minimum absolute atomic E-state index is 0.00412. The van der Waals surface area contributed by atoms with Gasteiger partial charge in [0.25, 0.3) is 5.91 Å². The number of aromatic nitrogens is 1. The number of carbonyl (C=O) groups is 2. The third kappa shape index (κ3) is 3.56. The van der Waals surface area contributed by atoms with Gasteiger partial charge in [0, 0.05) is 43.6 Å². The third-order valence-corrected chi connectivity index (χ3v) is 4.43. The summed E-state index contributed by atoms with van der Waals surface area (Å²) in [7, 11) is 0. The van der Waals surface area contributed by atoms with Gasteiger partial charge in [-0.1, -0.05) is 29.8 Å². The monoisotopic (exact) mass is 331 g/mol. The standard InChI is InChI=1S/C17H18ClN3O2/c18-15-4-2-1-3-13(15)11-16(22)20-7-9-21(10-8-20)17(23)14-5-6-19-12-14/h1-6,12,19H,7-11H2. The van der Waals surface area contributed by atoms with Crippen LogP contribution in [0.2, 0.25) is 5.02 Å². The number of hydrogen-bond donors (Lipinski definition) is 1. The predicted octanol–water partition coefficient (Wildman–Crippen LogP) is 2.20. The van der Waals surface area contributed by atoms with Crippen molar-refractivity contribution >= 4 is 23.4 Å². The van der Waals surface area contributed by atoms with Crippen LogP contribution in [0, 0.1) is 0 Å². The molecule has 0 bridgehead atoms. The molecule has 1 N–H and O–H groups in total. The zero-order chi connectivity index (χ0) is 16.2. The summed E-state index contributed by atoms with van der Waals surface area (Å²) in [6.45, 7) is 2.22. The highest BCUT2D eigenvalue weighted by molar-refractivity contribution is 6.31. The fourth-order valence-electron chi connectivity index (χ4n) is 2.71. The van der Waals surface area contributed by atoms with Gasteiger partial charge < -0.3 is 14.8 Å². The lowest BCUT2D eigenvalue weighted by molar-refractivity contribution is -0.131. The van der Waals surface area contributed by atoms with Gasteiger partial charge in [0.1, 0.15) is 0 Å². The van der Waals surface area contributed by atoms with Crippen molar-refractivity contribution in [2.75, 3.05) is 26.2 Å². The molecule has 23 heavy (non-hydrogen) atoms. The molecule has 2 heterocycles. The normalized spacial score (nSPS) is 14.8. The molecule has 1 fully saturated rings. The molecule has 0 radical (unpaired) electrons. The molecule has 1 aliphatic rings. The van der Waals surface area contributed by atoms with Crippen LogP contribution < -0.4 is 0 Å². The van der Waals surface area contributed by atoms with Gasteiger partial charge in [0.2, 0.25) is 5.91 Å². The smallest absolute Gasteiger partial charge is 0.255 e. The summed E-state index contributed by atoms with van der Waals surface area (Å²) in [5.74, 6) is 0.0521. The van der Waals surface area contributed by atoms with Crippen molar-refractivity contribution in [1.29, 1.82) is 0 Å². The quantitative estimate of drug-likeness (QED) is 0.937. The van der Waals surface area contributed by atoms with E-state index in [1.54, 1.807) is 34.3 Å². The van der Waals surface area contributed by atoms with E-state index in [0.717, 1.165) is 5.56 Å². The van der Waals surface area contributed by atoms with E-state index in [0.29, 0.717) is 43.2 Å². The Morgan fingerprint density at radius 3 is 2.39 bits per heavy atom. The van der Waals surface area contributed by atoms with E-state index in [-0.39, 0.29) is 11.8 Å². The average Bonchev–Trinajstić information content (AvgIpc) is 3.11. The maximum atomic E-state index is 12.4. The number of amides is 2. The van der Waals surface area contributed by atoms with Crippen LogP contribution in [-0.4, -0.2) is 52.8 Å². The molecular weight excluding hydrogens is 314 g/mol. The maximum absolute atomic E-state index is 12.4. The number of benzene rings is 1. The van der Waals surface area contributed by atoms with Crippen molar-refractivity contribution in [3.05, 3.63) is 58.9 Å². The van der Waals surface area contributed by atoms with Crippen LogP contribution >= 0.6 is 11.6 Å². The highest BCUT2D eigenvalue weighted by Crippen LogP contribution is 2.17. The van der Waals surface area contributed by atoms with E-state index in [1.165, 1.54) is 0 Å². The van der Waals surface area contributed by atoms with Crippen LogP contribution in [0.25, 0.3) is 0 Å². The number of halogens is 1. The Morgan fingerprint density at radius 1 is 1.04 bits per heavy atom. The van der Waals surface area contributed by atoms with Crippen LogP contribution in [0.5, 0.6) is 0 Å². The number of aromatic amines is 1. The van der Waals surface area contributed by atoms with Crippen molar-refractivity contribution in [2.24, 2.45) is 0 Å². The van der Waals surface area contributed by atoms with Crippen molar-refractivity contribution in [1.82, 2.24) is 14.8 Å². The molecular formula is C17H18ClN3O2. The van der Waals surface area contributed by atoms with Gasteiger partial charge in [-0.25, -0.2) is 0 Å². The lowest BCUT2D eigenvalue weighted by atomic mass is 10.1. The molecule has 1 aromatic heterocycles. The number of nitrogens with one attached hydrogen (secondary N) is 1. The molecule has 0 saturated carbocycles. The first kappa shape index (κ1) is 15.6. The molecule has 1 aliphatic heterocycles. The molecule has 2 amide bonds. The van der Waals surface area contributed by atoms with Crippen LogP contribution in [0.3, 0.4) is 0 Å². The fourth-order valence-corrected chi connectivity index (χ4v) is 2.92. The first-order valence-corrected chi connectivity index (χ1v) is 7.96. The number of carbonyl (C=O) groups excluding carboxylic acids is 2. The number of nitrogens with zero attached hydrogens (tertiary/aromatic N) is 2. The molecule has 5 nitrogen and oxygen atoms in total. The van der Waals surface area contributed by atoms with Crippen molar-refractivity contribution in [3.8, 4) is 0 Å². The average molecular weight is 332 g/mol. The molecule has 1 aromatic carbocycles. The minimum atomic E-state index is 0.00412. The highest BCUT2D eigenvalue weighted by atomic mass is 35.5. The highest BCUT2D eigenvalue weighted by Gasteiger charge is 2.25. The lowest BCUT2D eigenvalue weighted by Crippen LogP contribution is -2.50. The van der Waals surface area contributed by atoms with Gasteiger partial charge in [0.15, 0.2) is 0 Å². The second kappa shape index (κ2) is 6.87. The molecule has 0 atom stereocenters. The van der Waals surface area contributed by atoms with Gasteiger partial charge in [-0.15, -0.1) is 0 Å². The third-order valence-electron chi connectivity index (χ3n) is 4.06. The Morgan fingerprint density at radius 2 is 1.74 bits per heavy atom. The molecule has 3 rings (SSSR count). The summed E-state index contributed by atoms with van der Waals surface area (Å²) in [5.41, 5.74) is 1.49. The van der Waals surface area contributed by atoms with Gasteiger partial charge >= 0.3 is 0 Å². The van der Waals surface area contributed by atoms with Gasteiger partial charge in [-0.05, 0) is 17.7 Å². The summed E-state index contributed by atoms with van der Waals surface area (Å²) in [5, 5.41) is 0.613. The van der Waals surface area contributed by atoms with Gasteiger partial charge in [0.05, 0.1) is 12.0 Å². The Bertz CT molecular complexity index is 692. The molecule has 120 valence electrons. The zero-order valence-electron chi connectivity index (χ0n) is 12.7. The van der Waals surface area contributed by atoms with Crippen molar-refractivity contribution < 1.29 is 9.59 Å². The lowest BCUT2D eigenvalue weighted by Gasteiger charge is -2.34. The number of hydrogen-bond acceptors (Lipinski definition) is 2. The Kier molecular flexibility index (Phi) is 4.67. The Balaban J connectivity index is 1.55. The summed E-state index contributed by atoms with van der Waals surface area (Å²) in [4.78, 5) is 31.1. The maximum Gasteiger partial charge on any atom is 0.255 e. The van der Waals surface area contributed by atoms with E-state index >= 15 is 0 Å². The SMILES string of the molecule is O=C(Cc1ccccc1Cl)N1CCN(C(=O)c2cc[nH]c2)CC1. The van der Waals surface area contributed by atoms with Crippen LogP contribution in [0.4, 0.5) is 0 Å². The first-order valence-electron chi connectivity index (χ1n) is 7.58. The van der Waals surface area contributed by atoms with E-state index in [1.807, 2.05) is 18.2 Å². The van der Waals surface area contributed by atoms with Crippen LogP contribution in [0.1, 0.15) is 15.9 Å². The molecule has 2 aromatic rings. The predicted molar refractivity (Wildman–Crippen MR) is 88.4 cm³/mol. The summed E-state index contributed by atoms with van der Waals surface area (Å²) in [6, 6.07) is 9.14. The summed E-state index contributed by atoms with van der Waals surface area (Å²) >= 11 is 6.10. The molecule has 6 heteroatoms. The summed E-state index contributed by atoms with van der Waals surface area (Å²) in [6.07, 6.45) is 3.72. The molecule has 0 spiro atoms. The largest absolute Gasteiger partial charge is 0.367 e. The number of H-pyrrole nitrogens is 1. The zero-order valence-corrected chi connectivity index (χ0v) is 13.4. The van der Waals surface area contributed by atoms with E-state index in [2.05, 4.69) is 4.98 Å². The second-order valence-electron chi connectivity index (χ2n) is 5.54. The van der Waals surface area contributed by atoms with Gasteiger partial charge in [-0.2, -0.15) is 0 Å². The molecule has 0 unspecified atom stereocenters. The number of rotatable bonds is 3. The van der Waals surface area contributed by atoms with Gasteiger partial charge in [-0.3, -0.25) is 9.59 Å². The second-order valence-corrected chi connectivity index (χ2v) is 5.95. The van der Waals surface area contributed by atoms with Crippen LogP contribution in [0.15, 0.2) is 42.7 Å². The fraction of sp³-hybridized carbons (Fsp3) is 0.294. The van der Waals surface area contributed by atoms with Crippen molar-refractivity contribution in [2.45, 2.75) is 6.42 Å². The topological polar surface area (TPSA) is 56.4 Å². The Hall–Kier alpha value is -2.27. The van der Waals surface area contributed by atoms with Crippen LogP contribution in [-0.2, 0) is 11.2 Å². The minimum Gasteiger partial charge on any atom is -0.367 e. The summed E-state index contributed by atoms with van der Waals surface area (Å²) < 4.78 is 0. The van der Waals surface area contributed by atoms with E-state index in [9.17, 15) is 9.59 Å². The van der Waals surface area contributed by atoms with E-state index < -0.39 is 0 Å². The van der Waals surface area contributed by atoms with E-state index in [4.69, 9.17) is 11.6 Å². The van der Waals surface area contributed by atoms with Crippen molar-refractivity contribution in [3.63, 3.8) is 0 Å².